The van der Waals surface area contributed by atoms with Gasteiger partial charge >= 0.3 is 0 Å². The monoisotopic (exact) mass is 237 g/mol. The predicted octanol–water partition coefficient (Wildman–Crippen LogP) is 0.755. The molecule has 1 unspecified atom stereocenters. The molecule has 2 atom stereocenters. The van der Waals surface area contributed by atoms with Gasteiger partial charge in [-0.05, 0) is 42.5 Å². The summed E-state index contributed by atoms with van der Waals surface area (Å²) in [4.78, 5) is 0. The summed E-state index contributed by atoms with van der Waals surface area (Å²) in [6.45, 7) is -0.186. The average molecular weight is 237 g/mol. The van der Waals surface area contributed by atoms with Crippen LogP contribution in [0.5, 0.6) is 5.75 Å². The van der Waals surface area contributed by atoms with Gasteiger partial charge in [0.2, 0.25) is 0 Å². The molecule has 0 aromatic heterocycles. The zero-order chi connectivity index (χ0) is 12.3. The third kappa shape index (κ3) is 2.97. The largest absolute Gasteiger partial charge is 0.491 e. The second-order valence-corrected chi connectivity index (χ2v) is 4.51. The fourth-order valence-corrected chi connectivity index (χ4v) is 2.15. The average Bonchev–Trinajstić information content (AvgIpc) is 2.36. The Hall–Kier alpha value is -1.10. The van der Waals surface area contributed by atoms with Crippen LogP contribution < -0.4 is 10.5 Å². The number of hydrogen-bond acceptors (Lipinski definition) is 4. The molecule has 0 radical (unpaired) electrons. The maximum absolute atomic E-state index is 9.21. The van der Waals surface area contributed by atoms with E-state index in [1.54, 1.807) is 0 Å². The zero-order valence-corrected chi connectivity index (χ0v) is 9.80. The number of aliphatic hydroxyl groups is 2. The van der Waals surface area contributed by atoms with Gasteiger partial charge in [-0.25, -0.2) is 0 Å². The maximum atomic E-state index is 9.21. The molecule has 1 aliphatic carbocycles. The van der Waals surface area contributed by atoms with Crippen molar-refractivity contribution in [3.63, 3.8) is 0 Å². The van der Waals surface area contributed by atoms with Crippen LogP contribution in [0.3, 0.4) is 0 Å². The summed E-state index contributed by atoms with van der Waals surface area (Å²) < 4.78 is 5.41. The molecule has 2 rings (SSSR count). The minimum absolute atomic E-state index is 0.0880. The van der Waals surface area contributed by atoms with Gasteiger partial charge in [-0.2, -0.15) is 0 Å². The normalized spacial score (nSPS) is 20.8. The van der Waals surface area contributed by atoms with Crippen LogP contribution >= 0.6 is 0 Å². The lowest BCUT2D eigenvalue weighted by Gasteiger charge is -2.23. The highest BCUT2D eigenvalue weighted by molar-refractivity contribution is 5.39. The SMILES string of the molecule is N[C@@H]1CCCc2ccc(OCC(O)CO)cc21. The van der Waals surface area contributed by atoms with E-state index in [0.29, 0.717) is 5.75 Å². The first-order chi connectivity index (χ1) is 8.20. The molecule has 1 aromatic carbocycles. The smallest absolute Gasteiger partial charge is 0.119 e. The van der Waals surface area contributed by atoms with Gasteiger partial charge in [0.15, 0.2) is 0 Å². The van der Waals surface area contributed by atoms with Crippen LogP contribution in [0.4, 0.5) is 0 Å². The Labute approximate surface area is 101 Å². The van der Waals surface area contributed by atoms with Crippen LogP contribution in [-0.2, 0) is 6.42 Å². The van der Waals surface area contributed by atoms with Crippen LogP contribution in [0.1, 0.15) is 30.0 Å². The molecule has 17 heavy (non-hydrogen) atoms. The number of benzene rings is 1. The molecule has 94 valence electrons. The predicted molar refractivity (Wildman–Crippen MR) is 64.9 cm³/mol. The van der Waals surface area contributed by atoms with Gasteiger partial charge in [0.25, 0.3) is 0 Å². The van der Waals surface area contributed by atoms with Gasteiger partial charge in [-0.3, -0.25) is 0 Å². The molecule has 4 heteroatoms. The number of aryl methyl sites for hydroxylation is 1. The van der Waals surface area contributed by atoms with Crippen molar-refractivity contribution >= 4 is 0 Å². The molecule has 0 heterocycles. The molecule has 0 aliphatic heterocycles. The molecule has 0 bridgehead atoms. The molecule has 0 amide bonds. The second-order valence-electron chi connectivity index (χ2n) is 4.51. The Morgan fingerprint density at radius 1 is 1.47 bits per heavy atom. The van der Waals surface area contributed by atoms with E-state index in [1.165, 1.54) is 5.56 Å². The first-order valence-electron chi connectivity index (χ1n) is 6.01. The maximum Gasteiger partial charge on any atom is 0.119 e. The lowest BCUT2D eigenvalue weighted by molar-refractivity contribution is 0.0535. The lowest BCUT2D eigenvalue weighted by atomic mass is 9.88. The third-order valence-electron chi connectivity index (χ3n) is 3.13. The van der Waals surface area contributed by atoms with E-state index >= 15 is 0 Å². The summed E-state index contributed by atoms with van der Waals surface area (Å²) in [6.07, 6.45) is 2.38. The number of nitrogens with two attached hydrogens (primary N) is 1. The fourth-order valence-electron chi connectivity index (χ4n) is 2.15. The van der Waals surface area contributed by atoms with Crippen molar-refractivity contribution in [2.45, 2.75) is 31.4 Å². The van der Waals surface area contributed by atoms with Crippen molar-refractivity contribution in [2.75, 3.05) is 13.2 Å². The van der Waals surface area contributed by atoms with Crippen molar-refractivity contribution in [3.05, 3.63) is 29.3 Å². The van der Waals surface area contributed by atoms with Gasteiger partial charge in [-0.15, -0.1) is 0 Å². The van der Waals surface area contributed by atoms with E-state index in [9.17, 15) is 5.11 Å². The highest BCUT2D eigenvalue weighted by Crippen LogP contribution is 2.30. The summed E-state index contributed by atoms with van der Waals surface area (Å²) in [7, 11) is 0. The van der Waals surface area contributed by atoms with E-state index in [4.69, 9.17) is 15.6 Å². The van der Waals surface area contributed by atoms with Crippen molar-refractivity contribution < 1.29 is 14.9 Å². The molecule has 4 N–H and O–H groups in total. The van der Waals surface area contributed by atoms with Crippen molar-refractivity contribution in [1.82, 2.24) is 0 Å². The van der Waals surface area contributed by atoms with E-state index in [1.807, 2.05) is 18.2 Å². The summed E-state index contributed by atoms with van der Waals surface area (Å²) >= 11 is 0. The van der Waals surface area contributed by atoms with Crippen LogP contribution in [0, 0.1) is 0 Å². The molecular formula is C13H19NO3. The van der Waals surface area contributed by atoms with E-state index in [0.717, 1.165) is 24.8 Å². The summed E-state index contributed by atoms with van der Waals surface area (Å²) in [5.41, 5.74) is 8.49. The standard InChI is InChI=1S/C13H19NO3/c14-13-3-1-2-9-4-5-11(6-12(9)13)17-8-10(16)7-15/h4-6,10,13,15-16H,1-3,7-8,14H2/t10?,13-/m1/s1. The highest BCUT2D eigenvalue weighted by Gasteiger charge is 2.17. The van der Waals surface area contributed by atoms with Crippen LogP contribution in [0.15, 0.2) is 18.2 Å². The Balaban J connectivity index is 2.07. The van der Waals surface area contributed by atoms with Gasteiger partial charge in [0.05, 0.1) is 6.61 Å². The molecule has 0 saturated carbocycles. The third-order valence-corrected chi connectivity index (χ3v) is 3.13. The van der Waals surface area contributed by atoms with Gasteiger partial charge in [0.1, 0.15) is 18.5 Å². The summed E-state index contributed by atoms with van der Waals surface area (Å²) in [6, 6.07) is 5.96. The summed E-state index contributed by atoms with van der Waals surface area (Å²) in [5.74, 6) is 0.702. The van der Waals surface area contributed by atoms with Gasteiger partial charge in [0, 0.05) is 6.04 Å². The number of ether oxygens (including phenoxy) is 1. The van der Waals surface area contributed by atoms with Crippen molar-refractivity contribution in [3.8, 4) is 5.75 Å². The molecule has 4 nitrogen and oxygen atoms in total. The van der Waals surface area contributed by atoms with E-state index in [2.05, 4.69) is 0 Å². The fraction of sp³-hybridized carbons (Fsp3) is 0.538. The zero-order valence-electron chi connectivity index (χ0n) is 9.80. The van der Waals surface area contributed by atoms with Crippen LogP contribution in [0.25, 0.3) is 0 Å². The second kappa shape index (κ2) is 5.49. The van der Waals surface area contributed by atoms with E-state index < -0.39 is 6.10 Å². The minimum Gasteiger partial charge on any atom is -0.491 e. The van der Waals surface area contributed by atoms with Gasteiger partial charge in [-0.1, -0.05) is 6.07 Å². The Bertz CT molecular complexity index is 381. The number of fused-ring (bicyclic) bond motifs is 1. The molecular weight excluding hydrogens is 218 g/mol. The number of aliphatic hydroxyl groups excluding tert-OH is 2. The molecule has 0 fully saturated rings. The summed E-state index contributed by atoms with van der Waals surface area (Å²) in [5, 5.41) is 17.9. The minimum atomic E-state index is -0.834. The molecule has 1 aromatic rings. The number of hydrogen-bond donors (Lipinski definition) is 3. The van der Waals surface area contributed by atoms with Crippen LogP contribution in [0.2, 0.25) is 0 Å². The number of rotatable bonds is 4. The highest BCUT2D eigenvalue weighted by atomic mass is 16.5. The molecule has 0 spiro atoms. The van der Waals surface area contributed by atoms with Crippen molar-refractivity contribution in [2.24, 2.45) is 5.73 Å². The quantitative estimate of drug-likeness (QED) is 0.722. The lowest BCUT2D eigenvalue weighted by Crippen LogP contribution is -2.22. The van der Waals surface area contributed by atoms with Crippen LogP contribution in [-0.4, -0.2) is 29.5 Å². The van der Waals surface area contributed by atoms with Crippen molar-refractivity contribution in [1.29, 1.82) is 0 Å². The Morgan fingerprint density at radius 2 is 2.29 bits per heavy atom. The topological polar surface area (TPSA) is 75.7 Å². The molecule has 0 saturated heterocycles. The first kappa shape index (κ1) is 12.4. The van der Waals surface area contributed by atoms with Gasteiger partial charge < -0.3 is 20.7 Å². The molecule has 1 aliphatic rings. The van der Waals surface area contributed by atoms with E-state index in [-0.39, 0.29) is 19.3 Å². The Kier molecular flexibility index (Phi) is 3.99. The Morgan fingerprint density at radius 3 is 3.06 bits per heavy atom. The first-order valence-corrected chi connectivity index (χ1v) is 6.01.